The summed E-state index contributed by atoms with van der Waals surface area (Å²) >= 11 is 5.78. The van der Waals surface area contributed by atoms with E-state index in [0.29, 0.717) is 5.92 Å². The summed E-state index contributed by atoms with van der Waals surface area (Å²) in [5, 5.41) is 0.774. The molecule has 0 radical (unpaired) electrons. The van der Waals surface area contributed by atoms with Gasteiger partial charge in [-0.05, 0) is 30.0 Å². The van der Waals surface area contributed by atoms with Gasteiger partial charge in [0.1, 0.15) is 0 Å². The summed E-state index contributed by atoms with van der Waals surface area (Å²) in [7, 11) is 0. The van der Waals surface area contributed by atoms with Crippen LogP contribution in [0.2, 0.25) is 5.02 Å². The second kappa shape index (κ2) is 2.48. The molecule has 0 aliphatic heterocycles. The molecular formula is C10H12ClN. The van der Waals surface area contributed by atoms with E-state index in [1.165, 1.54) is 5.56 Å². The van der Waals surface area contributed by atoms with Gasteiger partial charge in [-0.2, -0.15) is 0 Å². The molecule has 2 heteroatoms. The van der Waals surface area contributed by atoms with Crippen LogP contribution in [-0.4, -0.2) is 0 Å². The zero-order valence-corrected chi connectivity index (χ0v) is 7.81. The van der Waals surface area contributed by atoms with Crippen molar-refractivity contribution >= 4 is 11.6 Å². The van der Waals surface area contributed by atoms with E-state index >= 15 is 0 Å². The van der Waals surface area contributed by atoms with Crippen molar-refractivity contribution in [1.82, 2.24) is 0 Å². The Kier molecular flexibility index (Phi) is 1.67. The Morgan fingerprint density at radius 3 is 2.33 bits per heavy atom. The van der Waals surface area contributed by atoms with Gasteiger partial charge in [-0.15, -0.1) is 0 Å². The summed E-state index contributed by atoms with van der Waals surface area (Å²) in [4.78, 5) is 0. The molecule has 1 aromatic rings. The minimum atomic E-state index is -0.0649. The van der Waals surface area contributed by atoms with Crippen molar-refractivity contribution in [1.29, 1.82) is 0 Å². The molecule has 1 aliphatic rings. The molecule has 1 nitrogen and oxygen atoms in total. The molecule has 64 valence electrons. The fourth-order valence-corrected chi connectivity index (χ4v) is 1.74. The number of nitrogens with two attached hydrogens (primary N) is 1. The first kappa shape index (κ1) is 8.09. The molecule has 1 saturated carbocycles. The molecule has 1 unspecified atom stereocenters. The normalized spacial score (nSPS) is 33.4. The number of rotatable bonds is 1. The standard InChI is InChI=1S/C10H12ClN/c1-7-6-10(7,12)8-2-4-9(11)5-3-8/h2-5,7H,6,12H2,1H3/t7-,10?/m0/s1. The monoisotopic (exact) mass is 181 g/mol. The number of benzene rings is 1. The molecule has 2 N–H and O–H groups in total. The first-order chi connectivity index (χ1) is 5.63. The van der Waals surface area contributed by atoms with Crippen LogP contribution in [0.4, 0.5) is 0 Å². The first-order valence-corrected chi connectivity index (χ1v) is 4.55. The van der Waals surface area contributed by atoms with E-state index in [-0.39, 0.29) is 5.54 Å². The van der Waals surface area contributed by atoms with Crippen molar-refractivity contribution in [2.75, 3.05) is 0 Å². The van der Waals surface area contributed by atoms with Gasteiger partial charge in [0.25, 0.3) is 0 Å². The van der Waals surface area contributed by atoms with Crippen LogP contribution in [0.25, 0.3) is 0 Å². The zero-order chi connectivity index (χ0) is 8.77. The highest BCUT2D eigenvalue weighted by atomic mass is 35.5. The molecule has 1 aromatic carbocycles. The molecule has 0 aromatic heterocycles. The van der Waals surface area contributed by atoms with Gasteiger partial charge in [-0.25, -0.2) is 0 Å². The Balaban J connectivity index is 2.31. The molecular weight excluding hydrogens is 170 g/mol. The number of halogens is 1. The van der Waals surface area contributed by atoms with Crippen molar-refractivity contribution in [3.05, 3.63) is 34.9 Å². The lowest BCUT2D eigenvalue weighted by Gasteiger charge is -2.09. The van der Waals surface area contributed by atoms with Gasteiger partial charge in [0.15, 0.2) is 0 Å². The van der Waals surface area contributed by atoms with Crippen molar-refractivity contribution in [3.63, 3.8) is 0 Å². The SMILES string of the molecule is C[C@H]1CC1(N)c1ccc(Cl)cc1. The average Bonchev–Trinajstić information content (AvgIpc) is 2.62. The molecule has 0 spiro atoms. The van der Waals surface area contributed by atoms with Crippen LogP contribution in [0, 0.1) is 5.92 Å². The summed E-state index contributed by atoms with van der Waals surface area (Å²) in [6, 6.07) is 7.84. The quantitative estimate of drug-likeness (QED) is 0.708. The van der Waals surface area contributed by atoms with Gasteiger partial charge in [0.05, 0.1) is 0 Å². The van der Waals surface area contributed by atoms with Crippen LogP contribution in [0.15, 0.2) is 24.3 Å². The Hall–Kier alpha value is -0.530. The van der Waals surface area contributed by atoms with Crippen molar-refractivity contribution in [2.24, 2.45) is 11.7 Å². The molecule has 0 amide bonds. The summed E-state index contributed by atoms with van der Waals surface area (Å²) in [5.74, 6) is 0.610. The van der Waals surface area contributed by atoms with E-state index in [0.717, 1.165) is 11.4 Å². The van der Waals surface area contributed by atoms with Crippen LogP contribution in [0.3, 0.4) is 0 Å². The summed E-state index contributed by atoms with van der Waals surface area (Å²) < 4.78 is 0. The van der Waals surface area contributed by atoms with Crippen molar-refractivity contribution < 1.29 is 0 Å². The predicted molar refractivity (Wildman–Crippen MR) is 51.1 cm³/mol. The summed E-state index contributed by atoms with van der Waals surface area (Å²) in [6.45, 7) is 2.18. The fourth-order valence-electron chi connectivity index (χ4n) is 1.61. The highest BCUT2D eigenvalue weighted by molar-refractivity contribution is 6.30. The second-order valence-corrected chi connectivity index (χ2v) is 4.09. The van der Waals surface area contributed by atoms with Crippen LogP contribution in [-0.2, 0) is 5.54 Å². The third-order valence-corrected chi connectivity index (χ3v) is 3.00. The van der Waals surface area contributed by atoms with Crippen molar-refractivity contribution in [2.45, 2.75) is 18.9 Å². The third-order valence-electron chi connectivity index (χ3n) is 2.74. The van der Waals surface area contributed by atoms with E-state index < -0.39 is 0 Å². The Labute approximate surface area is 77.5 Å². The fraction of sp³-hybridized carbons (Fsp3) is 0.400. The first-order valence-electron chi connectivity index (χ1n) is 4.18. The molecule has 1 fully saturated rings. The highest BCUT2D eigenvalue weighted by Gasteiger charge is 2.48. The van der Waals surface area contributed by atoms with Crippen LogP contribution >= 0.6 is 11.6 Å². The predicted octanol–water partition coefficient (Wildman–Crippen LogP) is 2.53. The van der Waals surface area contributed by atoms with Crippen molar-refractivity contribution in [3.8, 4) is 0 Å². The number of hydrogen-bond acceptors (Lipinski definition) is 1. The third kappa shape index (κ3) is 1.13. The van der Waals surface area contributed by atoms with Crippen LogP contribution in [0.5, 0.6) is 0 Å². The molecule has 0 saturated heterocycles. The van der Waals surface area contributed by atoms with Gasteiger partial charge in [0.2, 0.25) is 0 Å². The second-order valence-electron chi connectivity index (χ2n) is 3.65. The van der Waals surface area contributed by atoms with E-state index in [9.17, 15) is 0 Å². The Bertz CT molecular complexity index is 293. The molecule has 0 heterocycles. The average molecular weight is 182 g/mol. The van der Waals surface area contributed by atoms with E-state index in [2.05, 4.69) is 6.92 Å². The lowest BCUT2D eigenvalue weighted by Crippen LogP contribution is -2.21. The van der Waals surface area contributed by atoms with E-state index in [4.69, 9.17) is 17.3 Å². The lowest BCUT2D eigenvalue weighted by molar-refractivity contribution is 0.665. The smallest absolute Gasteiger partial charge is 0.0439 e. The molecule has 0 bridgehead atoms. The molecule has 1 aliphatic carbocycles. The molecule has 12 heavy (non-hydrogen) atoms. The largest absolute Gasteiger partial charge is 0.321 e. The maximum absolute atomic E-state index is 6.12. The maximum Gasteiger partial charge on any atom is 0.0439 e. The maximum atomic E-state index is 6.12. The summed E-state index contributed by atoms with van der Waals surface area (Å²) in [6.07, 6.45) is 1.09. The minimum Gasteiger partial charge on any atom is -0.321 e. The van der Waals surface area contributed by atoms with Gasteiger partial charge in [-0.1, -0.05) is 30.7 Å². The number of hydrogen-bond donors (Lipinski definition) is 1. The van der Waals surface area contributed by atoms with Crippen LogP contribution < -0.4 is 5.73 Å². The van der Waals surface area contributed by atoms with Crippen LogP contribution in [0.1, 0.15) is 18.9 Å². The molecule has 2 rings (SSSR count). The Morgan fingerprint density at radius 1 is 1.42 bits per heavy atom. The van der Waals surface area contributed by atoms with E-state index in [1.807, 2.05) is 24.3 Å². The van der Waals surface area contributed by atoms with Gasteiger partial charge in [-0.3, -0.25) is 0 Å². The zero-order valence-electron chi connectivity index (χ0n) is 7.05. The van der Waals surface area contributed by atoms with Gasteiger partial charge in [0, 0.05) is 10.6 Å². The van der Waals surface area contributed by atoms with E-state index in [1.54, 1.807) is 0 Å². The Morgan fingerprint density at radius 2 is 1.92 bits per heavy atom. The minimum absolute atomic E-state index is 0.0649. The lowest BCUT2D eigenvalue weighted by atomic mass is 10.0. The topological polar surface area (TPSA) is 26.0 Å². The highest BCUT2D eigenvalue weighted by Crippen LogP contribution is 2.49. The van der Waals surface area contributed by atoms with Gasteiger partial charge >= 0.3 is 0 Å². The summed E-state index contributed by atoms with van der Waals surface area (Å²) in [5.41, 5.74) is 7.26. The molecule has 2 atom stereocenters. The van der Waals surface area contributed by atoms with Gasteiger partial charge < -0.3 is 5.73 Å².